The van der Waals surface area contributed by atoms with Crippen LogP contribution in [-0.2, 0) is 9.53 Å². The minimum atomic E-state index is -2.96. The Kier molecular flexibility index (Phi) is 5.91. The molecule has 0 saturated carbocycles. The number of nitrogens with one attached hydrogen (secondary N) is 1. The zero-order valence-corrected chi connectivity index (χ0v) is 15.9. The summed E-state index contributed by atoms with van der Waals surface area (Å²) in [7, 11) is 1.76. The summed E-state index contributed by atoms with van der Waals surface area (Å²) in [6.07, 6.45) is 0. The van der Waals surface area contributed by atoms with E-state index in [1.165, 1.54) is 6.07 Å². The van der Waals surface area contributed by atoms with Crippen LogP contribution in [-0.4, -0.2) is 60.8 Å². The van der Waals surface area contributed by atoms with Crippen molar-refractivity contribution in [2.45, 2.75) is 19.6 Å². The summed E-state index contributed by atoms with van der Waals surface area (Å²) >= 11 is 5.36. The molecule has 27 heavy (non-hydrogen) atoms. The maximum absolute atomic E-state index is 13.2. The molecule has 2 heterocycles. The number of morpholine rings is 1. The SMILES string of the molecule is CC1=C(C(=O)N2CCOCC2)C(c2ccccc2OC(F)F)NC(=S)N1C. The van der Waals surface area contributed by atoms with Gasteiger partial charge in [-0.25, -0.2) is 0 Å². The van der Waals surface area contributed by atoms with Crippen LogP contribution in [0.1, 0.15) is 18.5 Å². The largest absolute Gasteiger partial charge is 0.434 e. The Labute approximate surface area is 161 Å². The molecule has 1 aromatic carbocycles. The van der Waals surface area contributed by atoms with Gasteiger partial charge in [-0.05, 0) is 25.2 Å². The van der Waals surface area contributed by atoms with E-state index >= 15 is 0 Å². The summed E-state index contributed by atoms with van der Waals surface area (Å²) in [5.41, 5.74) is 1.56. The number of para-hydroxylation sites is 1. The summed E-state index contributed by atoms with van der Waals surface area (Å²) in [5, 5.41) is 3.50. The highest BCUT2D eigenvalue weighted by atomic mass is 32.1. The molecule has 146 valence electrons. The van der Waals surface area contributed by atoms with Crippen molar-refractivity contribution in [1.82, 2.24) is 15.1 Å². The van der Waals surface area contributed by atoms with Gasteiger partial charge >= 0.3 is 6.61 Å². The van der Waals surface area contributed by atoms with E-state index in [0.29, 0.717) is 48.2 Å². The van der Waals surface area contributed by atoms with Gasteiger partial charge in [0, 0.05) is 31.4 Å². The highest BCUT2D eigenvalue weighted by Crippen LogP contribution is 2.36. The Morgan fingerprint density at radius 3 is 2.67 bits per heavy atom. The number of benzene rings is 1. The van der Waals surface area contributed by atoms with Crippen molar-refractivity contribution in [2.75, 3.05) is 33.4 Å². The van der Waals surface area contributed by atoms with Crippen LogP contribution < -0.4 is 10.1 Å². The van der Waals surface area contributed by atoms with Crippen molar-refractivity contribution in [3.05, 3.63) is 41.1 Å². The summed E-state index contributed by atoms with van der Waals surface area (Å²) < 4.78 is 35.7. The van der Waals surface area contributed by atoms with Gasteiger partial charge in [-0.2, -0.15) is 8.78 Å². The lowest BCUT2D eigenvalue weighted by Crippen LogP contribution is -2.50. The highest BCUT2D eigenvalue weighted by molar-refractivity contribution is 7.80. The molecule has 1 fully saturated rings. The van der Waals surface area contributed by atoms with E-state index in [2.05, 4.69) is 10.1 Å². The van der Waals surface area contributed by atoms with Gasteiger partial charge in [0.2, 0.25) is 0 Å². The van der Waals surface area contributed by atoms with Gasteiger partial charge in [-0.1, -0.05) is 18.2 Å². The average molecular weight is 397 g/mol. The molecule has 1 aromatic rings. The topological polar surface area (TPSA) is 54.0 Å². The van der Waals surface area contributed by atoms with Crippen molar-refractivity contribution < 1.29 is 23.0 Å². The number of carbonyl (C=O) groups excluding carboxylic acids is 1. The number of halogens is 2. The first kappa shape index (κ1) is 19.5. The maximum Gasteiger partial charge on any atom is 0.387 e. The van der Waals surface area contributed by atoms with E-state index in [0.717, 1.165) is 0 Å². The van der Waals surface area contributed by atoms with E-state index in [1.807, 2.05) is 0 Å². The number of ether oxygens (including phenoxy) is 2. The molecule has 1 N–H and O–H groups in total. The van der Waals surface area contributed by atoms with Crippen LogP contribution in [0.5, 0.6) is 5.75 Å². The first-order valence-electron chi connectivity index (χ1n) is 8.56. The molecule has 0 radical (unpaired) electrons. The lowest BCUT2D eigenvalue weighted by Gasteiger charge is -2.38. The van der Waals surface area contributed by atoms with Crippen LogP contribution in [0.2, 0.25) is 0 Å². The van der Waals surface area contributed by atoms with E-state index in [-0.39, 0.29) is 11.7 Å². The molecule has 0 aliphatic carbocycles. The van der Waals surface area contributed by atoms with E-state index in [1.54, 1.807) is 42.0 Å². The number of hydrogen-bond acceptors (Lipinski definition) is 4. The van der Waals surface area contributed by atoms with Crippen molar-refractivity contribution in [3.63, 3.8) is 0 Å². The third kappa shape index (κ3) is 4.03. The molecular weight excluding hydrogens is 376 g/mol. The Morgan fingerprint density at radius 2 is 2.00 bits per heavy atom. The highest BCUT2D eigenvalue weighted by Gasteiger charge is 2.36. The Bertz CT molecular complexity index is 766. The second-order valence-electron chi connectivity index (χ2n) is 6.26. The summed E-state index contributed by atoms with van der Waals surface area (Å²) in [5.74, 6) is -0.160. The van der Waals surface area contributed by atoms with Crippen LogP contribution in [0.4, 0.5) is 8.78 Å². The predicted octanol–water partition coefficient (Wildman–Crippen LogP) is 2.28. The monoisotopic (exact) mass is 397 g/mol. The summed E-state index contributed by atoms with van der Waals surface area (Å²) in [6.45, 7) is 0.722. The van der Waals surface area contributed by atoms with Crippen molar-refractivity contribution >= 4 is 23.2 Å². The van der Waals surface area contributed by atoms with Crippen LogP contribution in [0, 0.1) is 0 Å². The summed E-state index contributed by atoms with van der Waals surface area (Å²) in [4.78, 5) is 16.7. The van der Waals surface area contributed by atoms with E-state index in [4.69, 9.17) is 17.0 Å². The first-order valence-corrected chi connectivity index (χ1v) is 8.96. The van der Waals surface area contributed by atoms with Gasteiger partial charge in [-0.15, -0.1) is 0 Å². The molecule has 1 unspecified atom stereocenters. The minimum absolute atomic E-state index is 0.0115. The standard InChI is InChI=1S/C18H21F2N3O3S/c1-11-14(16(24)23-7-9-25-10-8-23)15(21-18(27)22(11)2)12-5-3-4-6-13(12)26-17(19)20/h3-6,15,17H,7-10H2,1-2H3,(H,21,27). The van der Waals surface area contributed by atoms with Gasteiger partial charge in [0.15, 0.2) is 5.11 Å². The molecule has 6 nitrogen and oxygen atoms in total. The number of nitrogens with zero attached hydrogens (tertiary/aromatic N) is 2. The number of thiocarbonyl (C=S) groups is 1. The van der Waals surface area contributed by atoms with Gasteiger partial charge in [-0.3, -0.25) is 4.79 Å². The number of rotatable bonds is 4. The van der Waals surface area contributed by atoms with Crippen LogP contribution in [0.25, 0.3) is 0 Å². The fourth-order valence-corrected chi connectivity index (χ4v) is 3.46. The average Bonchev–Trinajstić information content (AvgIpc) is 2.66. The van der Waals surface area contributed by atoms with Gasteiger partial charge < -0.3 is 24.6 Å². The molecular formula is C18H21F2N3O3S. The third-order valence-electron chi connectivity index (χ3n) is 4.73. The van der Waals surface area contributed by atoms with Gasteiger partial charge in [0.1, 0.15) is 5.75 Å². The van der Waals surface area contributed by atoms with E-state index < -0.39 is 12.7 Å². The fraction of sp³-hybridized carbons (Fsp3) is 0.444. The summed E-state index contributed by atoms with van der Waals surface area (Å²) in [6, 6.07) is 5.75. The van der Waals surface area contributed by atoms with Crippen LogP contribution in [0.3, 0.4) is 0 Å². The molecule has 3 rings (SSSR count). The molecule has 9 heteroatoms. The number of amides is 1. The first-order chi connectivity index (χ1) is 12.9. The Balaban J connectivity index is 2.04. The third-order valence-corrected chi connectivity index (χ3v) is 5.12. The Morgan fingerprint density at radius 1 is 1.33 bits per heavy atom. The molecule has 2 aliphatic heterocycles. The lowest BCUT2D eigenvalue weighted by atomic mass is 9.93. The molecule has 0 aromatic heterocycles. The smallest absolute Gasteiger partial charge is 0.387 e. The fourth-order valence-electron chi connectivity index (χ4n) is 3.20. The second-order valence-corrected chi connectivity index (χ2v) is 6.65. The van der Waals surface area contributed by atoms with Crippen molar-refractivity contribution in [1.29, 1.82) is 0 Å². The number of hydrogen-bond donors (Lipinski definition) is 1. The molecule has 1 atom stereocenters. The van der Waals surface area contributed by atoms with E-state index in [9.17, 15) is 13.6 Å². The molecule has 2 aliphatic rings. The number of allylic oxidation sites excluding steroid dienone is 1. The van der Waals surface area contributed by atoms with Crippen LogP contribution >= 0.6 is 12.2 Å². The molecule has 0 spiro atoms. The van der Waals surface area contributed by atoms with Crippen molar-refractivity contribution in [3.8, 4) is 5.75 Å². The maximum atomic E-state index is 13.2. The predicted molar refractivity (Wildman–Crippen MR) is 99.4 cm³/mol. The normalized spacial score (nSPS) is 20.8. The molecule has 1 amide bonds. The van der Waals surface area contributed by atoms with Gasteiger partial charge in [0.05, 0.1) is 24.8 Å². The molecule has 1 saturated heterocycles. The number of carbonyl (C=O) groups is 1. The Hall–Kier alpha value is -2.26. The number of alkyl halides is 2. The van der Waals surface area contributed by atoms with Gasteiger partial charge in [0.25, 0.3) is 5.91 Å². The molecule has 0 bridgehead atoms. The lowest BCUT2D eigenvalue weighted by molar-refractivity contribution is -0.131. The minimum Gasteiger partial charge on any atom is -0.434 e. The zero-order valence-electron chi connectivity index (χ0n) is 15.1. The zero-order chi connectivity index (χ0) is 19.6. The second kappa shape index (κ2) is 8.18. The van der Waals surface area contributed by atoms with Crippen LogP contribution in [0.15, 0.2) is 35.5 Å². The quantitative estimate of drug-likeness (QED) is 0.787. The van der Waals surface area contributed by atoms with Crippen molar-refractivity contribution in [2.24, 2.45) is 0 Å².